The van der Waals surface area contributed by atoms with Gasteiger partial charge in [0.25, 0.3) is 5.56 Å². The van der Waals surface area contributed by atoms with E-state index in [4.69, 9.17) is 5.11 Å². The molecule has 8 heteroatoms. The number of aromatic amines is 1. The second-order valence-electron chi connectivity index (χ2n) is 9.41. The van der Waals surface area contributed by atoms with Gasteiger partial charge in [0.05, 0.1) is 16.8 Å². The number of H-pyrrole nitrogens is 1. The van der Waals surface area contributed by atoms with Crippen LogP contribution >= 0.6 is 0 Å². The normalized spacial score (nSPS) is 26.0. The van der Waals surface area contributed by atoms with E-state index in [1.807, 2.05) is 0 Å². The molecular formula is C24H31N3O5. The fraction of sp³-hybridized carbons (Fsp3) is 0.583. The lowest BCUT2D eigenvalue weighted by molar-refractivity contribution is -0.143. The van der Waals surface area contributed by atoms with E-state index in [2.05, 4.69) is 10.3 Å². The van der Waals surface area contributed by atoms with Crippen LogP contribution in [0.15, 0.2) is 33.9 Å². The Hall–Kier alpha value is -2.90. The molecule has 1 amide bonds. The molecule has 172 valence electrons. The lowest BCUT2D eigenvalue weighted by atomic mass is 9.80. The highest BCUT2D eigenvalue weighted by molar-refractivity contribution is 5.78. The quantitative estimate of drug-likeness (QED) is 0.636. The van der Waals surface area contributed by atoms with Gasteiger partial charge in [-0.25, -0.2) is 4.79 Å². The number of para-hydroxylation sites is 1. The number of carbonyl (C=O) groups excluding carboxylic acids is 1. The van der Waals surface area contributed by atoms with Crippen LogP contribution in [0.4, 0.5) is 0 Å². The summed E-state index contributed by atoms with van der Waals surface area (Å²) in [5, 5.41) is 12.7. The van der Waals surface area contributed by atoms with Gasteiger partial charge < -0.3 is 15.4 Å². The first-order valence-corrected chi connectivity index (χ1v) is 11.6. The number of benzene rings is 1. The van der Waals surface area contributed by atoms with Crippen LogP contribution in [-0.4, -0.2) is 33.1 Å². The first-order valence-electron chi connectivity index (χ1n) is 11.6. The molecule has 2 fully saturated rings. The third-order valence-corrected chi connectivity index (χ3v) is 7.31. The molecule has 4 rings (SSSR count). The minimum atomic E-state index is -0.711. The number of nitrogens with one attached hydrogen (secondary N) is 2. The van der Waals surface area contributed by atoms with Crippen LogP contribution in [0.5, 0.6) is 0 Å². The lowest BCUT2D eigenvalue weighted by Gasteiger charge is -2.29. The van der Waals surface area contributed by atoms with Crippen molar-refractivity contribution >= 4 is 22.8 Å². The van der Waals surface area contributed by atoms with E-state index in [-0.39, 0.29) is 34.9 Å². The van der Waals surface area contributed by atoms with Gasteiger partial charge in [0.15, 0.2) is 0 Å². The van der Waals surface area contributed by atoms with Crippen molar-refractivity contribution in [2.45, 2.75) is 57.9 Å². The summed E-state index contributed by atoms with van der Waals surface area (Å²) in [7, 11) is 0. The second-order valence-corrected chi connectivity index (χ2v) is 9.41. The molecule has 8 nitrogen and oxygen atoms in total. The average Bonchev–Trinajstić information content (AvgIpc) is 2.81. The maximum Gasteiger partial charge on any atom is 0.328 e. The summed E-state index contributed by atoms with van der Waals surface area (Å²) >= 11 is 0. The Morgan fingerprint density at radius 2 is 1.56 bits per heavy atom. The first kappa shape index (κ1) is 22.3. The smallest absolute Gasteiger partial charge is 0.328 e. The number of aliphatic carboxylic acids is 1. The fourth-order valence-electron chi connectivity index (χ4n) is 5.23. The number of hydrogen-bond donors (Lipinski definition) is 3. The number of fused-ring (bicyclic) bond motifs is 1. The Morgan fingerprint density at radius 3 is 2.25 bits per heavy atom. The molecule has 3 N–H and O–H groups in total. The van der Waals surface area contributed by atoms with Crippen molar-refractivity contribution in [2.24, 2.45) is 23.7 Å². The number of carboxylic acid groups (broad SMARTS) is 1. The van der Waals surface area contributed by atoms with Crippen LogP contribution in [0, 0.1) is 23.7 Å². The van der Waals surface area contributed by atoms with Gasteiger partial charge in [0.2, 0.25) is 5.91 Å². The molecule has 1 aromatic heterocycles. The van der Waals surface area contributed by atoms with Crippen molar-refractivity contribution in [3.05, 3.63) is 45.1 Å². The van der Waals surface area contributed by atoms with Crippen molar-refractivity contribution in [1.82, 2.24) is 14.9 Å². The Balaban J connectivity index is 1.26. The number of rotatable bonds is 6. The minimum Gasteiger partial charge on any atom is -0.481 e. The van der Waals surface area contributed by atoms with Gasteiger partial charge in [0, 0.05) is 19.0 Å². The zero-order valence-electron chi connectivity index (χ0n) is 18.2. The van der Waals surface area contributed by atoms with Gasteiger partial charge in [-0.1, -0.05) is 12.1 Å². The number of nitrogens with zero attached hydrogens (tertiary/aromatic N) is 1. The standard InChI is InChI=1S/C24H31N3O5/c28-21(25-13-15-5-11-18(12-6-15)23(30)31)17-9-7-16(8-10-17)14-27-22(29)19-3-1-2-4-20(19)26-24(27)32/h1-4,15-18H,5-14H2,(H,25,28)(H,26,32)(H,30,31). The summed E-state index contributed by atoms with van der Waals surface area (Å²) in [6.07, 6.45) is 6.19. The highest BCUT2D eigenvalue weighted by Gasteiger charge is 2.29. The molecule has 0 atom stereocenters. The van der Waals surface area contributed by atoms with Gasteiger partial charge in [-0.2, -0.15) is 0 Å². The van der Waals surface area contributed by atoms with Gasteiger partial charge >= 0.3 is 11.7 Å². The van der Waals surface area contributed by atoms with E-state index in [9.17, 15) is 19.2 Å². The molecule has 32 heavy (non-hydrogen) atoms. The molecule has 2 aromatic rings. The molecule has 0 bridgehead atoms. The maximum atomic E-state index is 12.7. The topological polar surface area (TPSA) is 121 Å². The van der Waals surface area contributed by atoms with Crippen molar-refractivity contribution < 1.29 is 14.7 Å². The Morgan fingerprint density at radius 1 is 0.938 bits per heavy atom. The molecule has 2 aliphatic carbocycles. The predicted octanol–water partition coefficient (Wildman–Crippen LogP) is 2.50. The minimum absolute atomic E-state index is 0.0341. The highest BCUT2D eigenvalue weighted by Crippen LogP contribution is 2.31. The van der Waals surface area contributed by atoms with Crippen LogP contribution in [0.25, 0.3) is 10.9 Å². The number of aromatic nitrogens is 2. The molecule has 0 saturated heterocycles. The van der Waals surface area contributed by atoms with Gasteiger partial charge in [0.1, 0.15) is 0 Å². The third kappa shape index (κ3) is 4.95. The van der Waals surface area contributed by atoms with Gasteiger partial charge in [-0.05, 0) is 75.3 Å². The maximum absolute atomic E-state index is 12.7. The summed E-state index contributed by atoms with van der Waals surface area (Å²) < 4.78 is 1.29. The average molecular weight is 442 g/mol. The molecule has 0 aliphatic heterocycles. The third-order valence-electron chi connectivity index (χ3n) is 7.31. The van der Waals surface area contributed by atoms with Crippen LogP contribution in [-0.2, 0) is 16.1 Å². The molecule has 0 spiro atoms. The van der Waals surface area contributed by atoms with E-state index in [0.717, 1.165) is 38.5 Å². The SMILES string of the molecule is O=C(O)C1CCC(CNC(=O)C2CCC(Cn3c(=O)[nH]c4ccccc4c3=O)CC2)CC1. The number of hydrogen-bond acceptors (Lipinski definition) is 4. The summed E-state index contributed by atoms with van der Waals surface area (Å²) in [4.78, 5) is 51.6. The molecule has 0 radical (unpaired) electrons. The number of amides is 1. The molecule has 0 unspecified atom stereocenters. The molecule has 2 saturated carbocycles. The summed E-state index contributed by atoms with van der Waals surface area (Å²) in [6.45, 7) is 0.993. The zero-order chi connectivity index (χ0) is 22.7. The monoisotopic (exact) mass is 441 g/mol. The van der Waals surface area contributed by atoms with Crippen molar-refractivity contribution in [3.8, 4) is 0 Å². The second kappa shape index (κ2) is 9.71. The fourth-order valence-corrected chi connectivity index (χ4v) is 5.23. The van der Waals surface area contributed by atoms with Gasteiger partial charge in [-0.15, -0.1) is 0 Å². The first-order chi connectivity index (χ1) is 15.4. The van der Waals surface area contributed by atoms with Crippen LogP contribution in [0.2, 0.25) is 0 Å². The summed E-state index contributed by atoms with van der Waals surface area (Å²) in [5.41, 5.74) is -0.0939. The molecule has 2 aliphatic rings. The van der Waals surface area contributed by atoms with Gasteiger partial charge in [-0.3, -0.25) is 19.0 Å². The zero-order valence-corrected chi connectivity index (χ0v) is 18.2. The highest BCUT2D eigenvalue weighted by atomic mass is 16.4. The summed E-state index contributed by atoms with van der Waals surface area (Å²) in [5.74, 6) is -0.350. The van der Waals surface area contributed by atoms with Crippen LogP contribution in [0.1, 0.15) is 51.4 Å². The molecular weight excluding hydrogens is 410 g/mol. The largest absolute Gasteiger partial charge is 0.481 e. The molecule has 1 heterocycles. The van der Waals surface area contributed by atoms with Crippen LogP contribution < -0.4 is 16.6 Å². The van der Waals surface area contributed by atoms with E-state index in [1.54, 1.807) is 24.3 Å². The van der Waals surface area contributed by atoms with E-state index in [1.165, 1.54) is 4.57 Å². The lowest BCUT2D eigenvalue weighted by Crippen LogP contribution is -2.40. The Bertz CT molecular complexity index is 1090. The van der Waals surface area contributed by atoms with E-state index < -0.39 is 5.97 Å². The van der Waals surface area contributed by atoms with E-state index in [0.29, 0.717) is 42.8 Å². The number of carbonyl (C=O) groups is 2. The van der Waals surface area contributed by atoms with E-state index >= 15 is 0 Å². The molecule has 1 aromatic carbocycles. The number of carboxylic acids is 1. The summed E-state index contributed by atoms with van der Waals surface area (Å²) in [6, 6.07) is 7.02. The van der Waals surface area contributed by atoms with Crippen molar-refractivity contribution in [2.75, 3.05) is 6.54 Å². The van der Waals surface area contributed by atoms with Crippen molar-refractivity contribution in [3.63, 3.8) is 0 Å². The Kier molecular flexibility index (Phi) is 6.77. The van der Waals surface area contributed by atoms with Crippen molar-refractivity contribution in [1.29, 1.82) is 0 Å². The Labute approximate surface area is 186 Å². The predicted molar refractivity (Wildman–Crippen MR) is 120 cm³/mol. The van der Waals surface area contributed by atoms with Crippen LogP contribution in [0.3, 0.4) is 0 Å².